The number of benzene rings is 2. The summed E-state index contributed by atoms with van der Waals surface area (Å²) in [7, 11) is 0. The molecule has 0 unspecified atom stereocenters. The van der Waals surface area contributed by atoms with E-state index in [1.54, 1.807) is 6.20 Å². The van der Waals surface area contributed by atoms with Crippen molar-refractivity contribution in [2.75, 3.05) is 0 Å². The number of pyridine rings is 1. The zero-order valence-electron chi connectivity index (χ0n) is 17.8. The average Bonchev–Trinajstić information content (AvgIpc) is 2.76. The van der Waals surface area contributed by atoms with Gasteiger partial charge >= 0.3 is 0 Å². The molecule has 1 saturated carbocycles. The van der Waals surface area contributed by atoms with Crippen LogP contribution in [0.2, 0.25) is 0 Å². The Morgan fingerprint density at radius 1 is 0.903 bits per heavy atom. The van der Waals surface area contributed by atoms with E-state index in [2.05, 4.69) is 4.98 Å². The normalized spacial score (nSPS) is 17.3. The Bertz CT molecular complexity index is 1030. The molecule has 2 aromatic carbocycles. The van der Waals surface area contributed by atoms with Crippen molar-refractivity contribution in [1.82, 2.24) is 4.98 Å². The minimum Gasteiger partial charge on any atom is -0.299 e. The lowest BCUT2D eigenvalue weighted by Crippen LogP contribution is -2.38. The second-order valence-corrected chi connectivity index (χ2v) is 8.78. The summed E-state index contributed by atoms with van der Waals surface area (Å²) in [6.45, 7) is 1.96. The molecule has 1 fully saturated rings. The lowest BCUT2D eigenvalue weighted by atomic mass is 9.65. The largest absolute Gasteiger partial charge is 0.299 e. The van der Waals surface area contributed by atoms with Crippen molar-refractivity contribution in [2.24, 2.45) is 0 Å². The predicted octanol–water partition coefficient (Wildman–Crippen LogP) is 6.71. The number of hydrogen-bond donors (Lipinski definition) is 0. The standard InChI is InChI=1S/C27H27F2NO/c1-20-17-23(11-16-30-20)22-9-7-21(8-10-22)18-25(31)19-26(24-5-3-2-4-6-24)12-14-27(28,29)15-13-26/h2-11,16-17H,12-15,18-19H2,1H3. The Labute approximate surface area is 182 Å². The number of aryl methyl sites for hydroxylation is 1. The van der Waals surface area contributed by atoms with Crippen molar-refractivity contribution in [2.45, 2.75) is 56.8 Å². The van der Waals surface area contributed by atoms with Crippen molar-refractivity contribution >= 4 is 5.78 Å². The molecule has 0 saturated heterocycles. The zero-order valence-corrected chi connectivity index (χ0v) is 17.8. The van der Waals surface area contributed by atoms with Gasteiger partial charge in [-0.2, -0.15) is 0 Å². The number of halogens is 2. The lowest BCUT2D eigenvalue weighted by Gasteiger charge is -2.40. The summed E-state index contributed by atoms with van der Waals surface area (Å²) in [5, 5.41) is 0. The van der Waals surface area contributed by atoms with Gasteiger partial charge in [0, 0.05) is 43.0 Å². The quantitative estimate of drug-likeness (QED) is 0.445. The van der Waals surface area contributed by atoms with Gasteiger partial charge in [0.05, 0.1) is 0 Å². The minimum absolute atomic E-state index is 0.0987. The first kappa shape index (κ1) is 21.4. The van der Waals surface area contributed by atoms with Crippen LogP contribution in [-0.4, -0.2) is 16.7 Å². The van der Waals surface area contributed by atoms with Gasteiger partial charge in [0.15, 0.2) is 0 Å². The number of ketones is 1. The summed E-state index contributed by atoms with van der Waals surface area (Å²) < 4.78 is 27.7. The first-order chi connectivity index (χ1) is 14.9. The third-order valence-corrected chi connectivity index (χ3v) is 6.45. The number of alkyl halides is 2. The molecule has 0 bridgehead atoms. The Morgan fingerprint density at radius 3 is 2.23 bits per heavy atom. The van der Waals surface area contributed by atoms with E-state index < -0.39 is 11.3 Å². The maximum absolute atomic E-state index is 13.9. The summed E-state index contributed by atoms with van der Waals surface area (Å²) in [6, 6.07) is 21.7. The highest BCUT2D eigenvalue weighted by atomic mass is 19.3. The van der Waals surface area contributed by atoms with Gasteiger partial charge in [-0.3, -0.25) is 9.78 Å². The van der Waals surface area contributed by atoms with Crippen LogP contribution in [-0.2, 0) is 16.6 Å². The predicted molar refractivity (Wildman–Crippen MR) is 119 cm³/mol. The SMILES string of the molecule is Cc1cc(-c2ccc(CC(=O)CC3(c4ccccc4)CCC(F)(F)CC3)cc2)ccn1. The fourth-order valence-corrected chi connectivity index (χ4v) is 4.66. The molecular formula is C27H27F2NO. The average molecular weight is 420 g/mol. The van der Waals surface area contributed by atoms with Crippen LogP contribution in [0.25, 0.3) is 11.1 Å². The molecule has 4 rings (SSSR count). The van der Waals surface area contributed by atoms with Crippen LogP contribution in [0.3, 0.4) is 0 Å². The third-order valence-electron chi connectivity index (χ3n) is 6.45. The molecule has 0 spiro atoms. The number of carbonyl (C=O) groups is 1. The number of nitrogens with zero attached hydrogens (tertiary/aromatic N) is 1. The highest BCUT2D eigenvalue weighted by Crippen LogP contribution is 2.47. The highest BCUT2D eigenvalue weighted by molar-refractivity contribution is 5.82. The maximum Gasteiger partial charge on any atom is 0.248 e. The molecule has 0 atom stereocenters. The van der Waals surface area contributed by atoms with Crippen LogP contribution >= 0.6 is 0 Å². The van der Waals surface area contributed by atoms with Crippen molar-refractivity contribution < 1.29 is 13.6 Å². The van der Waals surface area contributed by atoms with Crippen LogP contribution < -0.4 is 0 Å². The Kier molecular flexibility index (Phi) is 5.99. The number of rotatable bonds is 6. The monoisotopic (exact) mass is 419 g/mol. The molecular weight excluding hydrogens is 392 g/mol. The summed E-state index contributed by atoms with van der Waals surface area (Å²) in [4.78, 5) is 17.3. The third kappa shape index (κ3) is 5.07. The van der Waals surface area contributed by atoms with Crippen LogP contribution in [0.5, 0.6) is 0 Å². The molecule has 1 heterocycles. The number of hydrogen-bond acceptors (Lipinski definition) is 2. The maximum atomic E-state index is 13.9. The first-order valence-corrected chi connectivity index (χ1v) is 10.8. The van der Waals surface area contributed by atoms with Gasteiger partial charge in [-0.15, -0.1) is 0 Å². The van der Waals surface area contributed by atoms with E-state index in [9.17, 15) is 13.6 Å². The van der Waals surface area contributed by atoms with E-state index >= 15 is 0 Å². The summed E-state index contributed by atoms with van der Waals surface area (Å²) in [6.07, 6.45) is 2.79. The van der Waals surface area contributed by atoms with Gasteiger partial charge in [0.25, 0.3) is 0 Å². The van der Waals surface area contributed by atoms with E-state index in [-0.39, 0.29) is 18.6 Å². The van der Waals surface area contributed by atoms with E-state index in [1.165, 1.54) is 0 Å². The molecule has 1 aromatic heterocycles. The second kappa shape index (κ2) is 8.70. The van der Waals surface area contributed by atoms with E-state index in [4.69, 9.17) is 0 Å². The number of carbonyl (C=O) groups excluding carboxylic acids is 1. The summed E-state index contributed by atoms with van der Waals surface area (Å²) in [5.41, 5.74) is 4.59. The van der Waals surface area contributed by atoms with Crippen molar-refractivity contribution in [1.29, 1.82) is 0 Å². The van der Waals surface area contributed by atoms with Gasteiger partial charge in [0.2, 0.25) is 5.92 Å². The molecule has 2 nitrogen and oxygen atoms in total. The fraction of sp³-hybridized carbons (Fsp3) is 0.333. The fourth-order valence-electron chi connectivity index (χ4n) is 4.66. The minimum atomic E-state index is -2.62. The highest BCUT2D eigenvalue weighted by Gasteiger charge is 2.45. The summed E-state index contributed by atoms with van der Waals surface area (Å²) >= 11 is 0. The first-order valence-electron chi connectivity index (χ1n) is 10.8. The Balaban J connectivity index is 1.48. The molecule has 0 aliphatic heterocycles. The Morgan fingerprint density at radius 2 is 1.58 bits per heavy atom. The topological polar surface area (TPSA) is 30.0 Å². The van der Waals surface area contributed by atoms with E-state index in [0.29, 0.717) is 25.7 Å². The smallest absolute Gasteiger partial charge is 0.248 e. The summed E-state index contributed by atoms with van der Waals surface area (Å²) in [5.74, 6) is -2.52. The number of Topliss-reactive ketones (excluding diaryl/α,β-unsaturated/α-hetero) is 1. The molecule has 1 aliphatic carbocycles. The second-order valence-electron chi connectivity index (χ2n) is 8.78. The van der Waals surface area contributed by atoms with Crippen LogP contribution in [0.15, 0.2) is 72.9 Å². The molecule has 1 aliphatic rings. The molecule has 4 heteroatoms. The van der Waals surface area contributed by atoms with Gasteiger partial charge < -0.3 is 0 Å². The van der Waals surface area contributed by atoms with Gasteiger partial charge in [-0.05, 0) is 54.2 Å². The molecule has 0 N–H and O–H groups in total. The molecule has 0 radical (unpaired) electrons. The number of aromatic nitrogens is 1. The molecule has 0 amide bonds. The molecule has 3 aromatic rings. The van der Waals surface area contributed by atoms with Crippen LogP contribution in [0, 0.1) is 6.92 Å². The Hall–Kier alpha value is -2.88. The van der Waals surface area contributed by atoms with Crippen molar-refractivity contribution in [3.63, 3.8) is 0 Å². The van der Waals surface area contributed by atoms with Crippen molar-refractivity contribution in [3.8, 4) is 11.1 Å². The van der Waals surface area contributed by atoms with Crippen molar-refractivity contribution in [3.05, 3.63) is 89.7 Å². The van der Waals surface area contributed by atoms with Gasteiger partial charge in [0.1, 0.15) is 5.78 Å². The van der Waals surface area contributed by atoms with E-state index in [1.807, 2.05) is 73.7 Å². The zero-order chi connectivity index (χ0) is 21.9. The molecule has 31 heavy (non-hydrogen) atoms. The van der Waals surface area contributed by atoms with Crippen LogP contribution in [0.4, 0.5) is 8.78 Å². The van der Waals surface area contributed by atoms with Gasteiger partial charge in [-0.25, -0.2) is 8.78 Å². The lowest BCUT2D eigenvalue weighted by molar-refractivity contribution is -0.121. The van der Waals surface area contributed by atoms with E-state index in [0.717, 1.165) is 27.9 Å². The molecule has 160 valence electrons. The van der Waals surface area contributed by atoms with Gasteiger partial charge in [-0.1, -0.05) is 54.6 Å². The van der Waals surface area contributed by atoms with Crippen LogP contribution in [0.1, 0.15) is 48.9 Å².